The van der Waals surface area contributed by atoms with Gasteiger partial charge in [-0.25, -0.2) is 4.98 Å². The number of aromatic nitrogens is 1. The summed E-state index contributed by atoms with van der Waals surface area (Å²) in [6, 6.07) is 4.19. The van der Waals surface area contributed by atoms with Crippen LogP contribution in [0, 0.1) is 0 Å². The lowest BCUT2D eigenvalue weighted by Gasteiger charge is -2.20. The van der Waals surface area contributed by atoms with Crippen LogP contribution in [-0.4, -0.2) is 40.3 Å². The Morgan fingerprint density at radius 3 is 2.48 bits per heavy atom. The normalized spacial score (nSPS) is 18.0. The molecule has 2 heterocycles. The summed E-state index contributed by atoms with van der Waals surface area (Å²) in [5, 5.41) is 8.86. The fourth-order valence-electron chi connectivity index (χ4n) is 2.19. The minimum Gasteiger partial charge on any atom is -0.481 e. The second-order valence-corrected chi connectivity index (χ2v) is 5.67. The number of aliphatic carboxylic acids is 1. The number of hydrogen-bond acceptors (Lipinski definition) is 4. The molecule has 1 aliphatic heterocycles. The summed E-state index contributed by atoms with van der Waals surface area (Å²) in [6.45, 7) is 2.37. The highest BCUT2D eigenvalue weighted by atomic mass is 35.5. The van der Waals surface area contributed by atoms with Crippen LogP contribution in [-0.2, 0) is 9.59 Å². The number of Topliss-reactive ketones (excluding diaryl/α,β-unsaturated/α-hetero) is 1. The Morgan fingerprint density at radius 1 is 1.43 bits per heavy atom. The Labute approximate surface area is 133 Å². The highest BCUT2D eigenvalue weighted by Crippen LogP contribution is 2.34. The van der Waals surface area contributed by atoms with Gasteiger partial charge in [-0.2, -0.15) is 0 Å². The lowest BCUT2D eigenvalue weighted by atomic mass is 10.1. The third kappa shape index (κ3) is 5.99. The van der Waals surface area contributed by atoms with Gasteiger partial charge >= 0.3 is 5.97 Å². The van der Waals surface area contributed by atoms with Crippen LogP contribution in [0.1, 0.15) is 37.8 Å². The fraction of sp³-hybridized carbons (Fsp3) is 0.500. The molecule has 1 fully saturated rings. The summed E-state index contributed by atoms with van der Waals surface area (Å²) in [5.74, 6) is -1.37. The van der Waals surface area contributed by atoms with Crippen molar-refractivity contribution in [1.82, 2.24) is 9.88 Å². The summed E-state index contributed by atoms with van der Waals surface area (Å²) in [4.78, 5) is 25.8. The predicted molar refractivity (Wildman–Crippen MR) is 81.8 cm³/mol. The second kappa shape index (κ2) is 8.32. The van der Waals surface area contributed by atoms with E-state index in [0.29, 0.717) is 16.3 Å². The van der Waals surface area contributed by atoms with Gasteiger partial charge < -0.3 is 5.11 Å². The average molecular weight is 333 g/mol. The van der Waals surface area contributed by atoms with Crippen LogP contribution in [0.3, 0.4) is 0 Å². The number of likely N-dealkylation sites (tertiary alicyclic amines) is 1. The Morgan fingerprint density at radius 2 is 2.10 bits per heavy atom. The maximum Gasteiger partial charge on any atom is 0.310 e. The zero-order chi connectivity index (χ0) is 16.0. The van der Waals surface area contributed by atoms with Gasteiger partial charge in [0, 0.05) is 11.6 Å². The van der Waals surface area contributed by atoms with E-state index in [1.165, 1.54) is 13.3 Å². The van der Waals surface area contributed by atoms with E-state index in [-0.39, 0.29) is 12.2 Å². The standard InChI is InChI=1S/C10H12Cl2N2.C4H6O3/c1-14-6-2-3-8(14)7-4-5-9(11)13-10(7)12;1-3(5)2-4(6)7/h4-5,8H,2-3,6H2,1H3;2H2,1H3,(H,6,7). The maximum absolute atomic E-state index is 9.87. The Balaban J connectivity index is 0.000000270. The molecule has 0 amide bonds. The molecular formula is C14H18Cl2N2O3. The van der Waals surface area contributed by atoms with E-state index in [2.05, 4.69) is 16.9 Å². The SMILES string of the molecule is CC(=O)CC(=O)O.CN1CCCC1c1ccc(Cl)nc1Cl. The largest absolute Gasteiger partial charge is 0.481 e. The minimum absolute atomic E-state index is 0.312. The van der Waals surface area contributed by atoms with Gasteiger partial charge in [-0.05, 0) is 39.4 Å². The molecule has 1 N–H and O–H groups in total. The van der Waals surface area contributed by atoms with Gasteiger partial charge in [0.25, 0.3) is 0 Å². The van der Waals surface area contributed by atoms with Gasteiger partial charge in [0.15, 0.2) is 0 Å². The van der Waals surface area contributed by atoms with Gasteiger partial charge in [-0.3, -0.25) is 14.5 Å². The summed E-state index contributed by atoms with van der Waals surface area (Å²) in [7, 11) is 2.11. The quantitative estimate of drug-likeness (QED) is 0.679. The Kier molecular flexibility index (Phi) is 7.08. The average Bonchev–Trinajstić information content (AvgIpc) is 2.74. The molecule has 0 aliphatic carbocycles. The van der Waals surface area contributed by atoms with Gasteiger partial charge in [-0.1, -0.05) is 29.3 Å². The van der Waals surface area contributed by atoms with Crippen LogP contribution in [0.2, 0.25) is 10.3 Å². The van der Waals surface area contributed by atoms with Crippen LogP contribution in [0.4, 0.5) is 0 Å². The van der Waals surface area contributed by atoms with E-state index < -0.39 is 5.97 Å². The lowest BCUT2D eigenvalue weighted by molar-refractivity contribution is -0.139. The molecule has 0 aromatic carbocycles. The van der Waals surface area contributed by atoms with Crippen LogP contribution < -0.4 is 0 Å². The first kappa shape index (κ1) is 17.9. The van der Waals surface area contributed by atoms with Gasteiger partial charge in [0.1, 0.15) is 22.5 Å². The topological polar surface area (TPSA) is 70.5 Å². The van der Waals surface area contributed by atoms with Crippen molar-refractivity contribution in [1.29, 1.82) is 0 Å². The van der Waals surface area contributed by atoms with Crippen molar-refractivity contribution in [3.63, 3.8) is 0 Å². The molecule has 0 radical (unpaired) electrons. The summed E-state index contributed by atoms with van der Waals surface area (Å²) in [5.41, 5.74) is 1.09. The van der Waals surface area contributed by atoms with Crippen molar-refractivity contribution in [3.05, 3.63) is 28.0 Å². The van der Waals surface area contributed by atoms with Gasteiger partial charge in [0.2, 0.25) is 0 Å². The van der Waals surface area contributed by atoms with Crippen molar-refractivity contribution in [2.75, 3.05) is 13.6 Å². The molecule has 0 spiro atoms. The summed E-state index contributed by atoms with van der Waals surface area (Å²) < 4.78 is 0. The van der Waals surface area contributed by atoms with Crippen molar-refractivity contribution in [3.8, 4) is 0 Å². The number of carbonyl (C=O) groups excluding carboxylic acids is 1. The number of carboxylic acids is 1. The first-order valence-corrected chi connectivity index (χ1v) is 7.30. The highest BCUT2D eigenvalue weighted by Gasteiger charge is 2.24. The second-order valence-electron chi connectivity index (χ2n) is 4.93. The van der Waals surface area contributed by atoms with E-state index in [1.807, 2.05) is 6.07 Å². The van der Waals surface area contributed by atoms with E-state index >= 15 is 0 Å². The number of nitrogens with zero attached hydrogens (tertiary/aromatic N) is 2. The van der Waals surface area contributed by atoms with Crippen LogP contribution >= 0.6 is 23.2 Å². The molecule has 0 bridgehead atoms. The smallest absolute Gasteiger partial charge is 0.310 e. The van der Waals surface area contributed by atoms with Gasteiger partial charge in [0.05, 0.1) is 0 Å². The molecule has 7 heteroatoms. The van der Waals surface area contributed by atoms with E-state index in [1.54, 1.807) is 6.07 Å². The molecular weight excluding hydrogens is 315 g/mol. The number of pyridine rings is 1. The van der Waals surface area contributed by atoms with E-state index in [9.17, 15) is 9.59 Å². The number of hydrogen-bond donors (Lipinski definition) is 1. The maximum atomic E-state index is 9.87. The molecule has 1 aliphatic rings. The van der Waals surface area contributed by atoms with Crippen LogP contribution in [0.25, 0.3) is 0 Å². The van der Waals surface area contributed by atoms with Crippen molar-refractivity contribution in [2.24, 2.45) is 0 Å². The fourth-order valence-corrected chi connectivity index (χ4v) is 2.66. The van der Waals surface area contributed by atoms with E-state index in [4.69, 9.17) is 28.3 Å². The summed E-state index contributed by atoms with van der Waals surface area (Å²) in [6.07, 6.45) is 2.01. The predicted octanol–water partition coefficient (Wildman–Crippen LogP) is 3.21. The first-order chi connectivity index (χ1) is 9.81. The number of carbonyl (C=O) groups is 2. The molecule has 21 heavy (non-hydrogen) atoms. The van der Waals surface area contributed by atoms with Crippen LogP contribution in [0.15, 0.2) is 12.1 Å². The van der Waals surface area contributed by atoms with Crippen molar-refractivity contribution in [2.45, 2.75) is 32.2 Å². The van der Waals surface area contributed by atoms with E-state index in [0.717, 1.165) is 18.5 Å². The highest BCUT2D eigenvalue weighted by molar-refractivity contribution is 6.32. The molecule has 1 aromatic rings. The number of carboxylic acid groups (broad SMARTS) is 1. The third-order valence-electron chi connectivity index (χ3n) is 3.12. The molecule has 1 aromatic heterocycles. The zero-order valence-electron chi connectivity index (χ0n) is 12.0. The molecule has 116 valence electrons. The van der Waals surface area contributed by atoms with Gasteiger partial charge in [-0.15, -0.1) is 0 Å². The number of halogens is 2. The Bertz CT molecular complexity index is 511. The minimum atomic E-state index is -1.06. The molecule has 0 saturated carbocycles. The lowest BCUT2D eigenvalue weighted by Crippen LogP contribution is -2.17. The van der Waals surface area contributed by atoms with Crippen LogP contribution in [0.5, 0.6) is 0 Å². The molecule has 5 nitrogen and oxygen atoms in total. The number of ketones is 1. The van der Waals surface area contributed by atoms with Crippen molar-refractivity contribution >= 4 is 35.0 Å². The van der Waals surface area contributed by atoms with Crippen molar-refractivity contribution < 1.29 is 14.7 Å². The first-order valence-electron chi connectivity index (χ1n) is 6.54. The number of rotatable bonds is 3. The molecule has 1 unspecified atom stereocenters. The summed E-state index contributed by atoms with van der Waals surface area (Å²) >= 11 is 11.8. The zero-order valence-corrected chi connectivity index (χ0v) is 13.5. The monoisotopic (exact) mass is 332 g/mol. The molecule has 1 atom stereocenters. The third-order valence-corrected chi connectivity index (χ3v) is 3.64. The molecule has 1 saturated heterocycles. The molecule has 2 rings (SSSR count). The Hall–Kier alpha value is -1.17.